The van der Waals surface area contributed by atoms with Crippen molar-refractivity contribution < 1.29 is 23.5 Å². The molecule has 1 heterocycles. The monoisotopic (exact) mass is 372 g/mol. The van der Waals surface area contributed by atoms with Crippen LogP contribution in [0.2, 0.25) is 0 Å². The highest BCUT2D eigenvalue weighted by atomic mass is 16.6. The van der Waals surface area contributed by atoms with E-state index in [-0.39, 0.29) is 12.6 Å². The van der Waals surface area contributed by atoms with Gasteiger partial charge in [0.1, 0.15) is 19.2 Å². The molecule has 1 aliphatic heterocycles. The van der Waals surface area contributed by atoms with Gasteiger partial charge < -0.3 is 14.0 Å². The normalized spacial score (nSPS) is 21.9. The van der Waals surface area contributed by atoms with Crippen molar-refractivity contribution in [1.29, 1.82) is 0 Å². The molecule has 0 radical (unpaired) electrons. The molecule has 0 N–H and O–H groups in total. The lowest BCUT2D eigenvalue weighted by atomic mass is 9.96. The Kier molecular flexibility index (Phi) is 7.87. The molecule has 1 aromatic rings. The minimum atomic E-state index is -0.406. The van der Waals surface area contributed by atoms with Crippen molar-refractivity contribution in [2.75, 3.05) is 19.7 Å². The smallest absolute Gasteiger partial charge is 0.308 e. The topological polar surface area (TPSA) is 52.6 Å². The van der Waals surface area contributed by atoms with Crippen LogP contribution in [-0.4, -0.2) is 42.5 Å². The van der Waals surface area contributed by atoms with E-state index in [2.05, 4.69) is 12.8 Å². The number of quaternary nitrogens is 1. The van der Waals surface area contributed by atoms with Crippen LogP contribution < -0.4 is 9.47 Å². The van der Waals surface area contributed by atoms with Crippen LogP contribution in [0.25, 0.3) is 0 Å². The van der Waals surface area contributed by atoms with Gasteiger partial charge in [0.05, 0.1) is 13.1 Å². The number of rotatable bonds is 9. The number of esters is 1. The number of piperidine rings is 1. The number of benzene rings is 1. The second-order valence-electron chi connectivity index (χ2n) is 7.24. The Morgan fingerprint density at radius 2 is 2.19 bits per heavy atom. The molecule has 0 spiro atoms. The lowest BCUT2D eigenvalue weighted by Crippen LogP contribution is -2.58. The van der Waals surface area contributed by atoms with Crippen LogP contribution in [0.1, 0.15) is 51.5 Å². The van der Waals surface area contributed by atoms with E-state index in [0.717, 1.165) is 68.1 Å². The second kappa shape index (κ2) is 10.1. The molecule has 146 valence electrons. The summed E-state index contributed by atoms with van der Waals surface area (Å²) in [6.07, 6.45) is 11.8. The number of ether oxygens (including phenoxy) is 2. The summed E-state index contributed by atoms with van der Waals surface area (Å²) in [6.45, 7) is 6.39. The quantitative estimate of drug-likeness (QED) is 0.219. The zero-order valence-electron chi connectivity index (χ0n) is 16.4. The number of terminal acetylenes is 1. The summed E-state index contributed by atoms with van der Waals surface area (Å²) >= 11 is 0. The summed E-state index contributed by atoms with van der Waals surface area (Å²) in [5.74, 6) is 2.86. The largest absolute Gasteiger partial charge is 0.477 e. The number of nitrogens with zero attached hydrogens (tertiary/aromatic N) is 1. The zero-order chi connectivity index (χ0) is 19.7. The highest BCUT2D eigenvalue weighted by molar-refractivity contribution is 5.70. The maximum atomic E-state index is 11.8. The summed E-state index contributed by atoms with van der Waals surface area (Å²) in [4.78, 5) is 23.1. The molecule has 1 aromatic carbocycles. The molecule has 5 nitrogen and oxygen atoms in total. The van der Waals surface area contributed by atoms with Gasteiger partial charge in [-0.05, 0) is 37.5 Å². The lowest BCUT2D eigenvalue weighted by molar-refractivity contribution is -0.959. The van der Waals surface area contributed by atoms with Crippen LogP contribution in [0.4, 0.5) is 0 Å². The summed E-state index contributed by atoms with van der Waals surface area (Å²) in [7, 11) is 0. The number of carbonyl (C=O) groups is 2. The van der Waals surface area contributed by atoms with Gasteiger partial charge in [-0.25, -0.2) is 0 Å². The van der Waals surface area contributed by atoms with Crippen LogP contribution in [0.3, 0.4) is 0 Å². The minimum absolute atomic E-state index is 0.0357. The first-order valence-corrected chi connectivity index (χ1v) is 9.73. The Balaban J connectivity index is 2.31. The molecule has 0 aromatic heterocycles. The van der Waals surface area contributed by atoms with E-state index in [0.29, 0.717) is 11.5 Å². The molecule has 1 saturated heterocycles. The maximum absolute atomic E-state index is 11.8. The molecule has 0 aliphatic carbocycles. The second-order valence-corrected chi connectivity index (χ2v) is 7.24. The number of carbonyl (C=O) groups excluding carboxylic acids is 2. The molecule has 2 atom stereocenters. The molecular formula is C22H30NO4+. The SMILES string of the molecule is C#CCOc1cc(C[N+]2(CCCC)CCCCC2C=O)ccc1OC(C)=O. The lowest BCUT2D eigenvalue weighted by Gasteiger charge is -2.46. The van der Waals surface area contributed by atoms with Gasteiger partial charge in [0.25, 0.3) is 0 Å². The van der Waals surface area contributed by atoms with Crippen molar-refractivity contribution in [3.05, 3.63) is 23.8 Å². The zero-order valence-corrected chi connectivity index (χ0v) is 16.4. The van der Waals surface area contributed by atoms with E-state index in [1.54, 1.807) is 6.07 Å². The summed E-state index contributed by atoms with van der Waals surface area (Å²) in [5.41, 5.74) is 1.06. The first-order chi connectivity index (χ1) is 13.0. The average molecular weight is 372 g/mol. The molecule has 2 rings (SSSR count). The fraction of sp³-hybridized carbons (Fsp3) is 0.545. The molecule has 0 amide bonds. The van der Waals surface area contributed by atoms with Crippen LogP contribution >= 0.6 is 0 Å². The Morgan fingerprint density at radius 3 is 2.85 bits per heavy atom. The summed E-state index contributed by atoms with van der Waals surface area (Å²) in [6, 6.07) is 5.62. The summed E-state index contributed by atoms with van der Waals surface area (Å²) in [5, 5.41) is 0. The first kappa shape index (κ1) is 21.0. The van der Waals surface area contributed by atoms with Crippen molar-refractivity contribution in [1.82, 2.24) is 0 Å². The van der Waals surface area contributed by atoms with Crippen molar-refractivity contribution in [3.63, 3.8) is 0 Å². The van der Waals surface area contributed by atoms with Gasteiger partial charge in [0.15, 0.2) is 17.8 Å². The molecular weight excluding hydrogens is 342 g/mol. The molecule has 27 heavy (non-hydrogen) atoms. The standard InChI is InChI=1S/C22H30NO4/c1-4-6-12-23(13-8-7-9-20(23)17-24)16-19-10-11-21(27-18(3)25)22(15-19)26-14-5-2/h2,10-11,15,17,20H,4,6-9,12-14,16H2,1,3H3/q+1. The number of aldehydes is 1. The van der Waals surface area contributed by atoms with E-state index >= 15 is 0 Å². The number of unbranched alkanes of at least 4 members (excludes halogenated alkanes) is 1. The van der Waals surface area contributed by atoms with Gasteiger partial charge in [-0.15, -0.1) is 6.42 Å². The Morgan fingerprint density at radius 1 is 1.37 bits per heavy atom. The van der Waals surface area contributed by atoms with Crippen molar-refractivity contribution in [2.45, 2.75) is 58.5 Å². The fourth-order valence-electron chi connectivity index (χ4n) is 3.93. The van der Waals surface area contributed by atoms with Crippen molar-refractivity contribution in [3.8, 4) is 23.8 Å². The number of hydrogen-bond donors (Lipinski definition) is 0. The van der Waals surface area contributed by atoms with Crippen molar-refractivity contribution >= 4 is 12.3 Å². The fourth-order valence-corrected chi connectivity index (χ4v) is 3.93. The maximum Gasteiger partial charge on any atom is 0.308 e. The van der Waals surface area contributed by atoms with E-state index in [9.17, 15) is 9.59 Å². The first-order valence-electron chi connectivity index (χ1n) is 9.73. The van der Waals surface area contributed by atoms with Gasteiger partial charge >= 0.3 is 5.97 Å². The van der Waals surface area contributed by atoms with Gasteiger partial charge in [0, 0.05) is 18.9 Å². The molecule has 1 aliphatic rings. The third kappa shape index (κ3) is 5.58. The van der Waals surface area contributed by atoms with E-state index < -0.39 is 5.97 Å². The Hall–Kier alpha value is -2.32. The van der Waals surface area contributed by atoms with E-state index in [4.69, 9.17) is 15.9 Å². The van der Waals surface area contributed by atoms with Crippen LogP contribution in [-0.2, 0) is 16.1 Å². The third-order valence-electron chi connectivity index (χ3n) is 5.24. The average Bonchev–Trinajstić information content (AvgIpc) is 2.66. The van der Waals surface area contributed by atoms with Gasteiger partial charge in [-0.1, -0.05) is 19.3 Å². The Bertz CT molecular complexity index is 694. The van der Waals surface area contributed by atoms with E-state index in [1.165, 1.54) is 6.92 Å². The molecule has 0 bridgehead atoms. The van der Waals surface area contributed by atoms with Crippen LogP contribution in [0, 0.1) is 12.3 Å². The number of likely N-dealkylation sites (tertiary alicyclic amines) is 1. The molecule has 5 heteroatoms. The van der Waals surface area contributed by atoms with Crippen LogP contribution in [0.15, 0.2) is 18.2 Å². The van der Waals surface area contributed by atoms with E-state index in [1.807, 2.05) is 12.1 Å². The molecule has 1 fully saturated rings. The predicted molar refractivity (Wildman–Crippen MR) is 104 cm³/mol. The molecule has 0 saturated carbocycles. The number of hydrogen-bond acceptors (Lipinski definition) is 4. The minimum Gasteiger partial charge on any atom is -0.477 e. The predicted octanol–water partition coefficient (Wildman–Crippen LogP) is 3.49. The van der Waals surface area contributed by atoms with Gasteiger partial charge in [-0.2, -0.15) is 0 Å². The van der Waals surface area contributed by atoms with Crippen molar-refractivity contribution in [2.24, 2.45) is 0 Å². The highest BCUT2D eigenvalue weighted by Crippen LogP contribution is 2.33. The van der Waals surface area contributed by atoms with Gasteiger partial charge in [-0.3, -0.25) is 9.59 Å². The van der Waals surface area contributed by atoms with Crippen LogP contribution in [0.5, 0.6) is 11.5 Å². The highest BCUT2D eigenvalue weighted by Gasteiger charge is 2.39. The third-order valence-corrected chi connectivity index (χ3v) is 5.24. The Labute approximate surface area is 162 Å². The summed E-state index contributed by atoms with van der Waals surface area (Å²) < 4.78 is 11.6. The molecule has 2 unspecified atom stereocenters. The van der Waals surface area contributed by atoms with Gasteiger partial charge in [0.2, 0.25) is 0 Å².